The van der Waals surface area contributed by atoms with E-state index in [9.17, 15) is 14.4 Å². The molecule has 0 fully saturated rings. The lowest BCUT2D eigenvalue weighted by molar-refractivity contribution is -0.136. The first-order valence-electron chi connectivity index (χ1n) is 9.88. The van der Waals surface area contributed by atoms with Gasteiger partial charge in [-0.25, -0.2) is 5.43 Å². The molecule has 8 nitrogen and oxygen atoms in total. The van der Waals surface area contributed by atoms with Gasteiger partial charge in [0.2, 0.25) is 0 Å². The van der Waals surface area contributed by atoms with Crippen molar-refractivity contribution < 1.29 is 14.4 Å². The number of rotatable bonds is 5. The maximum Gasteiger partial charge on any atom is 0.329 e. The van der Waals surface area contributed by atoms with Crippen molar-refractivity contribution in [3.63, 3.8) is 0 Å². The van der Waals surface area contributed by atoms with Crippen LogP contribution in [0.3, 0.4) is 0 Å². The quantitative estimate of drug-likeness (QED) is 0.185. The number of amides is 3. The fourth-order valence-electron chi connectivity index (χ4n) is 3.11. The van der Waals surface area contributed by atoms with Crippen LogP contribution >= 0.6 is 15.9 Å². The van der Waals surface area contributed by atoms with Crippen LogP contribution in [-0.4, -0.2) is 28.9 Å². The number of H-pyrrole nitrogens is 1. The molecule has 164 valence electrons. The lowest BCUT2D eigenvalue weighted by atomic mass is 10.1. The van der Waals surface area contributed by atoms with Crippen molar-refractivity contribution in [2.24, 2.45) is 5.10 Å². The Kier molecular flexibility index (Phi) is 6.61. The van der Waals surface area contributed by atoms with Crippen molar-refractivity contribution >= 4 is 62.1 Å². The minimum atomic E-state index is -0.964. The Balaban J connectivity index is 1.40. The fourth-order valence-corrected chi connectivity index (χ4v) is 3.38. The number of aromatic nitrogens is 1. The highest BCUT2D eigenvalue weighted by Crippen LogP contribution is 2.19. The first-order valence-corrected chi connectivity index (χ1v) is 10.7. The zero-order valence-corrected chi connectivity index (χ0v) is 18.7. The number of anilines is 2. The van der Waals surface area contributed by atoms with Crippen LogP contribution in [0.5, 0.6) is 0 Å². The van der Waals surface area contributed by atoms with Crippen molar-refractivity contribution in [1.29, 1.82) is 0 Å². The molecule has 0 aliphatic carbocycles. The molecule has 0 saturated carbocycles. The van der Waals surface area contributed by atoms with Crippen LogP contribution < -0.4 is 16.1 Å². The Hall–Kier alpha value is -4.24. The van der Waals surface area contributed by atoms with Gasteiger partial charge in [-0.1, -0.05) is 46.3 Å². The molecule has 0 atom stereocenters. The van der Waals surface area contributed by atoms with Gasteiger partial charge in [0.05, 0.1) is 17.5 Å². The van der Waals surface area contributed by atoms with E-state index in [1.807, 2.05) is 24.3 Å². The minimum Gasteiger partial charge on any atom is -0.361 e. The Bertz CT molecular complexity index is 1360. The average molecular weight is 504 g/mol. The number of fused-ring (bicyclic) bond motifs is 1. The van der Waals surface area contributed by atoms with Crippen molar-refractivity contribution in [2.75, 3.05) is 10.6 Å². The molecule has 9 heteroatoms. The Labute approximate surface area is 197 Å². The Morgan fingerprint density at radius 2 is 1.58 bits per heavy atom. The number of nitrogens with zero attached hydrogens (tertiary/aromatic N) is 1. The van der Waals surface area contributed by atoms with Gasteiger partial charge < -0.3 is 15.6 Å². The Morgan fingerprint density at radius 1 is 0.848 bits per heavy atom. The standard InChI is InChI=1S/C24H18BrN5O3/c25-16-9-11-17(12-10-16)28-22(31)19-6-2-4-8-21(19)29-23(32)24(33)30-27-14-15-13-26-20-7-3-1-5-18(15)20/h1-14,26H,(H,28,31)(H,29,32)(H,30,33)/b27-14+. The summed E-state index contributed by atoms with van der Waals surface area (Å²) in [6, 6.07) is 21.1. The van der Waals surface area contributed by atoms with E-state index < -0.39 is 17.7 Å². The number of hydrazone groups is 1. The third-order valence-corrected chi connectivity index (χ3v) is 5.25. The summed E-state index contributed by atoms with van der Waals surface area (Å²) in [5.74, 6) is -2.34. The van der Waals surface area contributed by atoms with E-state index in [2.05, 4.69) is 42.1 Å². The molecule has 1 aromatic heterocycles. The van der Waals surface area contributed by atoms with Crippen molar-refractivity contribution in [2.45, 2.75) is 0 Å². The van der Waals surface area contributed by atoms with Gasteiger partial charge in [-0.05, 0) is 42.5 Å². The lowest BCUT2D eigenvalue weighted by Crippen LogP contribution is -2.33. The highest BCUT2D eigenvalue weighted by Gasteiger charge is 2.18. The molecule has 4 rings (SSSR count). The maximum absolute atomic E-state index is 12.7. The molecule has 4 aromatic rings. The fraction of sp³-hybridized carbons (Fsp3) is 0. The molecule has 0 bridgehead atoms. The molecule has 0 radical (unpaired) electrons. The van der Waals surface area contributed by atoms with Crippen molar-refractivity contribution in [3.8, 4) is 0 Å². The molecule has 0 saturated heterocycles. The third kappa shape index (κ3) is 5.34. The molecule has 0 aliphatic rings. The van der Waals surface area contributed by atoms with E-state index in [-0.39, 0.29) is 11.3 Å². The number of para-hydroxylation sites is 2. The summed E-state index contributed by atoms with van der Waals surface area (Å²) < 4.78 is 0.881. The van der Waals surface area contributed by atoms with Gasteiger partial charge in [-0.2, -0.15) is 5.10 Å². The summed E-state index contributed by atoms with van der Waals surface area (Å²) in [6.45, 7) is 0. The highest BCUT2D eigenvalue weighted by molar-refractivity contribution is 9.10. The molecular formula is C24H18BrN5O3. The molecular weight excluding hydrogens is 486 g/mol. The average Bonchev–Trinajstić information content (AvgIpc) is 3.24. The van der Waals surface area contributed by atoms with Crippen LogP contribution in [0.4, 0.5) is 11.4 Å². The Morgan fingerprint density at radius 3 is 2.39 bits per heavy atom. The number of hydrogen-bond donors (Lipinski definition) is 4. The highest BCUT2D eigenvalue weighted by atomic mass is 79.9. The van der Waals surface area contributed by atoms with E-state index in [1.165, 1.54) is 12.3 Å². The number of carbonyl (C=O) groups excluding carboxylic acids is 3. The molecule has 0 aliphatic heterocycles. The molecule has 1 heterocycles. The number of aromatic amines is 1. The summed E-state index contributed by atoms with van der Waals surface area (Å²) in [6.07, 6.45) is 3.20. The number of carbonyl (C=O) groups is 3. The van der Waals surface area contributed by atoms with Crippen LogP contribution in [0.25, 0.3) is 10.9 Å². The summed E-state index contributed by atoms with van der Waals surface area (Å²) >= 11 is 3.34. The van der Waals surface area contributed by atoms with E-state index in [1.54, 1.807) is 48.7 Å². The number of hydrogen-bond acceptors (Lipinski definition) is 4. The van der Waals surface area contributed by atoms with Gasteiger partial charge in [-0.3, -0.25) is 14.4 Å². The van der Waals surface area contributed by atoms with Crippen LogP contribution in [0.2, 0.25) is 0 Å². The van der Waals surface area contributed by atoms with E-state index >= 15 is 0 Å². The van der Waals surface area contributed by atoms with Gasteiger partial charge in [0.25, 0.3) is 5.91 Å². The van der Waals surface area contributed by atoms with Crippen molar-refractivity contribution in [1.82, 2.24) is 10.4 Å². The zero-order valence-electron chi connectivity index (χ0n) is 17.1. The summed E-state index contributed by atoms with van der Waals surface area (Å²) in [4.78, 5) is 40.3. The van der Waals surface area contributed by atoms with Gasteiger partial charge in [0.1, 0.15) is 0 Å². The van der Waals surface area contributed by atoms with E-state index in [0.29, 0.717) is 5.69 Å². The normalized spacial score (nSPS) is 10.8. The lowest BCUT2D eigenvalue weighted by Gasteiger charge is -2.11. The molecule has 0 spiro atoms. The van der Waals surface area contributed by atoms with Crippen LogP contribution in [0.15, 0.2) is 88.6 Å². The number of nitrogens with one attached hydrogen (secondary N) is 4. The summed E-state index contributed by atoms with van der Waals surface area (Å²) in [5.41, 5.74) is 4.90. The van der Waals surface area contributed by atoms with Gasteiger partial charge in [0, 0.05) is 32.8 Å². The second-order valence-electron chi connectivity index (χ2n) is 6.95. The van der Waals surface area contributed by atoms with Gasteiger partial charge in [-0.15, -0.1) is 0 Å². The second-order valence-corrected chi connectivity index (χ2v) is 7.87. The molecule has 3 amide bonds. The predicted molar refractivity (Wildman–Crippen MR) is 131 cm³/mol. The maximum atomic E-state index is 12.7. The number of benzene rings is 3. The van der Waals surface area contributed by atoms with Crippen LogP contribution in [0, 0.1) is 0 Å². The molecule has 4 N–H and O–H groups in total. The first-order chi connectivity index (χ1) is 16.0. The second kappa shape index (κ2) is 9.92. The first kappa shape index (κ1) is 22.0. The predicted octanol–water partition coefficient (Wildman–Crippen LogP) is 4.27. The van der Waals surface area contributed by atoms with Gasteiger partial charge in [0.15, 0.2) is 0 Å². The monoisotopic (exact) mass is 503 g/mol. The van der Waals surface area contributed by atoms with Gasteiger partial charge >= 0.3 is 11.8 Å². The molecule has 33 heavy (non-hydrogen) atoms. The SMILES string of the molecule is O=C(N/N=C/c1c[nH]c2ccccc12)C(=O)Nc1ccccc1C(=O)Nc1ccc(Br)cc1. The van der Waals surface area contributed by atoms with Crippen LogP contribution in [0.1, 0.15) is 15.9 Å². The van der Waals surface area contributed by atoms with Crippen molar-refractivity contribution in [3.05, 3.63) is 94.6 Å². The molecule has 0 unspecified atom stereocenters. The number of halogens is 1. The smallest absolute Gasteiger partial charge is 0.329 e. The van der Waals surface area contributed by atoms with E-state index in [0.717, 1.165) is 20.9 Å². The summed E-state index contributed by atoms with van der Waals surface area (Å²) in [7, 11) is 0. The zero-order chi connectivity index (χ0) is 23.2. The van der Waals surface area contributed by atoms with E-state index in [4.69, 9.17) is 0 Å². The minimum absolute atomic E-state index is 0.202. The van der Waals surface area contributed by atoms with Crippen LogP contribution in [-0.2, 0) is 9.59 Å². The molecule has 3 aromatic carbocycles. The third-order valence-electron chi connectivity index (χ3n) is 4.72. The largest absolute Gasteiger partial charge is 0.361 e. The topological polar surface area (TPSA) is 115 Å². The summed E-state index contributed by atoms with van der Waals surface area (Å²) in [5, 5.41) is 10.0.